The molecule has 3 fully saturated rings. The maximum Gasteiger partial charge on any atom is 0.147 e. The Morgan fingerprint density at radius 3 is 0.873 bits per heavy atom. The van der Waals surface area contributed by atoms with Gasteiger partial charge in [0.25, 0.3) is 0 Å². The van der Waals surface area contributed by atoms with E-state index in [0.29, 0.717) is 69.2 Å². The smallest absolute Gasteiger partial charge is 0.147 e. The van der Waals surface area contributed by atoms with Crippen LogP contribution in [0.3, 0.4) is 0 Å². The molecule has 0 radical (unpaired) electrons. The molecule has 0 N–H and O–H groups in total. The molecular formula is C39H51O11W5-5. The molecule has 3 aliphatic carbocycles. The fourth-order valence-corrected chi connectivity index (χ4v) is 5.72. The van der Waals surface area contributed by atoms with Gasteiger partial charge in [-0.15, -0.1) is 0 Å². The summed E-state index contributed by atoms with van der Waals surface area (Å²) in [5.41, 5.74) is 0. The average Bonchev–Trinajstić information content (AvgIpc) is 3.15. The van der Waals surface area contributed by atoms with Gasteiger partial charge in [-0.3, -0.25) is 56.9 Å². The topological polar surface area (TPSA) is 141 Å². The van der Waals surface area contributed by atoms with Gasteiger partial charge in [0, 0.05) is 105 Å². The first-order valence-electron chi connectivity index (χ1n) is 16.9. The van der Waals surface area contributed by atoms with Gasteiger partial charge in [-0.2, -0.15) is 0 Å². The van der Waals surface area contributed by atoms with Gasteiger partial charge in [0.1, 0.15) is 29.8 Å². The summed E-state index contributed by atoms with van der Waals surface area (Å²) in [6.07, 6.45) is 23.2. The van der Waals surface area contributed by atoms with Crippen LogP contribution >= 0.6 is 0 Å². The molecule has 0 unspecified atom stereocenters. The third-order valence-corrected chi connectivity index (χ3v) is 8.62. The van der Waals surface area contributed by atoms with Crippen molar-refractivity contribution in [1.29, 1.82) is 0 Å². The molecule has 11 nitrogen and oxygen atoms in total. The van der Waals surface area contributed by atoms with Crippen LogP contribution in [0.25, 0.3) is 0 Å². The van der Waals surface area contributed by atoms with E-state index in [1.54, 1.807) is 0 Å². The van der Waals surface area contributed by atoms with Crippen molar-refractivity contribution in [2.75, 3.05) is 26.4 Å². The van der Waals surface area contributed by atoms with E-state index >= 15 is 0 Å². The Hall–Kier alpha value is -0.968. The summed E-state index contributed by atoms with van der Waals surface area (Å²) in [4.78, 5) is 54.3. The summed E-state index contributed by atoms with van der Waals surface area (Å²) in [7, 11) is 0. The minimum atomic E-state index is -0.528. The maximum atomic E-state index is 10.9. The van der Waals surface area contributed by atoms with Crippen molar-refractivity contribution in [3.63, 3.8) is 0 Å². The Labute approximate surface area is 399 Å². The predicted octanol–water partition coefficient (Wildman–Crippen LogP) is 5.69. The van der Waals surface area contributed by atoms with Crippen molar-refractivity contribution in [3.05, 3.63) is 76.1 Å². The van der Waals surface area contributed by atoms with Crippen LogP contribution in [0.4, 0.5) is 0 Å². The summed E-state index contributed by atoms with van der Waals surface area (Å²) < 4.78 is 30.2. The Morgan fingerprint density at radius 1 is 0.418 bits per heavy atom. The normalized spacial score (nSPS) is 21.7. The molecule has 0 aromatic heterocycles. The number of rotatable bonds is 16. The molecule has 0 aliphatic heterocycles. The van der Waals surface area contributed by atoms with Crippen molar-refractivity contribution in [2.24, 2.45) is 23.7 Å². The van der Waals surface area contributed by atoms with E-state index in [2.05, 4.69) is 69.9 Å². The first-order valence-corrected chi connectivity index (χ1v) is 16.9. The molecule has 0 aromatic carbocycles. The van der Waals surface area contributed by atoms with E-state index in [9.17, 15) is 24.0 Å². The van der Waals surface area contributed by atoms with Gasteiger partial charge in [0.15, 0.2) is 0 Å². The fraction of sp³-hybridized carbons (Fsp3) is 0.564. The van der Waals surface area contributed by atoms with Gasteiger partial charge in [-0.25, -0.2) is 0 Å². The number of hydrogen-bond acceptors (Lipinski definition) is 11. The first kappa shape index (κ1) is 63.2. The Morgan fingerprint density at radius 2 is 0.655 bits per heavy atom. The molecule has 0 amide bonds. The summed E-state index contributed by atoms with van der Waals surface area (Å²) in [6, 6.07) is 0. The molecule has 16 heteroatoms. The summed E-state index contributed by atoms with van der Waals surface area (Å²) in [6.45, 7) is 21.7. The monoisotopic (exact) mass is 1620 g/mol. The number of hydrogen-bond donors (Lipinski definition) is 0. The third kappa shape index (κ3) is 31.7. The summed E-state index contributed by atoms with van der Waals surface area (Å²) in [5, 5.41) is 0. The van der Waals surface area contributed by atoms with Crippen molar-refractivity contribution in [2.45, 2.75) is 89.3 Å². The Balaban J connectivity index is -0.000000218. The molecule has 0 saturated heterocycles. The van der Waals surface area contributed by atoms with E-state index in [0.717, 1.165) is 58.0 Å². The van der Waals surface area contributed by atoms with Crippen LogP contribution in [0.5, 0.6) is 0 Å². The molecule has 3 aliphatic rings. The molecule has 3 rings (SSSR count). The second-order valence-corrected chi connectivity index (χ2v) is 12.2. The number of esters is 5. The fourth-order valence-electron chi connectivity index (χ4n) is 5.72. The van der Waals surface area contributed by atoms with Gasteiger partial charge in [-0.1, -0.05) is 6.58 Å². The zero-order valence-corrected chi connectivity index (χ0v) is 45.8. The van der Waals surface area contributed by atoms with Crippen LogP contribution in [-0.2, 0) is 158 Å². The third-order valence-electron chi connectivity index (χ3n) is 8.62. The van der Waals surface area contributed by atoms with Gasteiger partial charge in [0.2, 0.25) is 0 Å². The molecule has 55 heavy (non-hydrogen) atoms. The van der Waals surface area contributed by atoms with E-state index in [-0.39, 0.29) is 118 Å². The second-order valence-electron chi connectivity index (χ2n) is 12.2. The molecule has 308 valence electrons. The van der Waals surface area contributed by atoms with Gasteiger partial charge < -0.3 is 58.8 Å². The minimum absolute atomic E-state index is 0. The summed E-state index contributed by atoms with van der Waals surface area (Å²) in [5.74, 6) is -0.606. The van der Waals surface area contributed by atoms with Crippen molar-refractivity contribution in [1.82, 2.24) is 0 Å². The zero-order chi connectivity index (χ0) is 37.1. The average molecular weight is 1620 g/mol. The van der Waals surface area contributed by atoms with Crippen LogP contribution in [0.2, 0.25) is 0 Å². The van der Waals surface area contributed by atoms with E-state index < -0.39 is 29.8 Å². The number of carbonyl (C=O) groups excluding carboxylic acids is 5. The predicted molar refractivity (Wildman–Crippen MR) is 182 cm³/mol. The second kappa shape index (κ2) is 39.8. The molecule has 0 aromatic rings. The minimum Gasteiger partial charge on any atom is -0.502 e. The largest absolute Gasteiger partial charge is 0.502 e. The zero-order valence-electron chi connectivity index (χ0n) is 31.1. The molecular weight excluding hydrogens is 1560 g/mol. The van der Waals surface area contributed by atoms with Crippen molar-refractivity contribution < 1.29 is 158 Å². The Kier molecular flexibility index (Phi) is 45.8. The molecule has 0 bridgehead atoms. The summed E-state index contributed by atoms with van der Waals surface area (Å²) >= 11 is 0. The van der Waals surface area contributed by atoms with Crippen molar-refractivity contribution >= 4 is 29.8 Å². The van der Waals surface area contributed by atoms with Crippen LogP contribution in [0, 0.1) is 54.1 Å². The quantitative estimate of drug-likeness (QED) is 0.0619. The van der Waals surface area contributed by atoms with E-state index in [1.165, 1.54) is 6.26 Å². The SMILES string of the molecule is C=[C-]C(=O)OC1CCC(OC(=O)[C-]=C)CC1.C=[C-]C(=O)OCC1CCC(COC(=O)[C-]=C)CC1.C=[C-]C(=O)OCC1CCC(COC=C)CC1.[W].[W].[W].[W].[W]. The van der Waals surface area contributed by atoms with Crippen molar-refractivity contribution in [3.8, 4) is 0 Å². The molecule has 0 spiro atoms. The van der Waals surface area contributed by atoms with E-state index in [4.69, 9.17) is 28.4 Å². The Bertz CT molecular complexity index is 1080. The van der Waals surface area contributed by atoms with Crippen LogP contribution in [-0.4, -0.2) is 68.5 Å². The molecule has 0 atom stereocenters. The maximum absolute atomic E-state index is 10.9. The van der Waals surface area contributed by atoms with Gasteiger partial charge in [-0.05, 0) is 101 Å². The van der Waals surface area contributed by atoms with Gasteiger partial charge in [0.05, 0.1) is 44.9 Å². The van der Waals surface area contributed by atoms with Crippen LogP contribution < -0.4 is 0 Å². The molecule has 0 heterocycles. The number of carbonyl (C=O) groups is 5. The van der Waals surface area contributed by atoms with Gasteiger partial charge >= 0.3 is 0 Å². The van der Waals surface area contributed by atoms with Crippen LogP contribution in [0.1, 0.15) is 77.0 Å². The standard InChI is InChI=1S/C14H18O4.C13H19O3.C12H14O4.5W/c1-3-13(15)17-9-11-5-7-12(8-6-11)10-18-14(16)4-2;1-3-13(14)16-10-12-7-5-11(6-8-12)9-15-4-2;1-3-11(13)15-9-5-7-10(8-6-9)16-12(14)4-2;;;;;/h11-12H,1-2,5-10H2;4,11-12H,1-2,5-10H2;9-10H,1-2,5-8H2;;;;;/q-2;-1;-2;;;;;. The van der Waals surface area contributed by atoms with Crippen LogP contribution in [0.15, 0.2) is 45.7 Å². The van der Waals surface area contributed by atoms with E-state index in [1.807, 2.05) is 0 Å². The molecule has 3 saturated carbocycles. The first-order chi connectivity index (χ1) is 24.1. The number of ether oxygens (including phenoxy) is 6.